The van der Waals surface area contributed by atoms with Crippen LogP contribution in [0.15, 0.2) is 42.5 Å². The first kappa shape index (κ1) is 37.0. The number of hydrogen-bond acceptors (Lipinski definition) is 6. The number of carbonyl (C=O) groups is 2. The molecule has 3 rings (SSSR count). The second-order valence-corrected chi connectivity index (χ2v) is 17.4. The predicted molar refractivity (Wildman–Crippen MR) is 181 cm³/mol. The van der Waals surface area contributed by atoms with Crippen LogP contribution >= 0.6 is 0 Å². The van der Waals surface area contributed by atoms with Crippen LogP contribution in [0.2, 0.25) is 0 Å². The highest BCUT2D eigenvalue weighted by Gasteiger charge is 2.36. The van der Waals surface area contributed by atoms with Gasteiger partial charge in [-0.15, -0.1) is 0 Å². The van der Waals surface area contributed by atoms with Crippen LogP contribution in [0.4, 0.5) is 0 Å². The summed E-state index contributed by atoms with van der Waals surface area (Å²) >= 11 is 0. The van der Waals surface area contributed by atoms with Crippen molar-refractivity contribution in [3.05, 3.63) is 48.0 Å². The summed E-state index contributed by atoms with van der Waals surface area (Å²) in [5.74, 6) is -1.95. The molecule has 9 heteroatoms. The molecule has 0 heterocycles. The maximum absolute atomic E-state index is 13.6. The third kappa shape index (κ3) is 10.8. The number of carbonyl (C=O) groups excluding carboxylic acids is 2. The number of amides is 2. The lowest BCUT2D eigenvalue weighted by molar-refractivity contribution is -0.128. The molecular weight excluding hydrogens is 588 g/mol. The molecule has 0 unspecified atom stereocenters. The molecule has 1 saturated carbocycles. The largest absolute Gasteiger partial charge is 0.390 e. The van der Waals surface area contributed by atoms with Gasteiger partial charge in [-0.2, -0.15) is 0 Å². The molecule has 2 amide bonds. The van der Waals surface area contributed by atoms with E-state index in [1.165, 1.54) is 6.42 Å². The Kier molecular flexibility index (Phi) is 13.4. The van der Waals surface area contributed by atoms with E-state index in [1.807, 2.05) is 56.3 Å². The second-order valence-electron chi connectivity index (χ2n) is 14.6. The number of benzene rings is 2. The first-order chi connectivity index (χ1) is 21.1. The van der Waals surface area contributed by atoms with Crippen LogP contribution in [0.1, 0.15) is 92.1 Å². The van der Waals surface area contributed by atoms with E-state index in [0.717, 1.165) is 42.0 Å². The highest BCUT2D eigenvalue weighted by molar-refractivity contribution is 7.92. The quantitative estimate of drug-likeness (QED) is 0.211. The second kappa shape index (κ2) is 16.4. The van der Waals surface area contributed by atoms with Gasteiger partial charge in [-0.25, -0.2) is 8.42 Å². The monoisotopic (exact) mass is 644 g/mol. The Morgan fingerprint density at radius 1 is 0.933 bits per heavy atom. The summed E-state index contributed by atoms with van der Waals surface area (Å²) in [5, 5.41) is 29.6. The Bertz CT molecular complexity index is 1360. The van der Waals surface area contributed by atoms with Gasteiger partial charge < -0.3 is 20.8 Å². The standard InChI is InChI=1S/C36H56N2O6S/c1-24(2)19-32(39)33(40)31(20-26-13-8-7-9-14-26)38-34(41)25(3)22-37-35(42)29(23-45(43,44)36(4,5)6)21-28-17-12-16-27-15-10-11-18-30(27)28/h10-12,15-18,24-26,29,31-33,39-40H,7-9,13-14,19-23H2,1-6H3,(H,37,42)(H,38,41)/t25-,29-,31+,32+,33-/m1/s1. The molecule has 1 aliphatic rings. The molecule has 0 spiro atoms. The maximum Gasteiger partial charge on any atom is 0.224 e. The normalized spacial score (nSPS) is 18.2. The van der Waals surface area contributed by atoms with E-state index in [-0.39, 0.29) is 30.5 Å². The van der Waals surface area contributed by atoms with Crippen LogP contribution in [0.5, 0.6) is 0 Å². The topological polar surface area (TPSA) is 133 Å². The van der Waals surface area contributed by atoms with Gasteiger partial charge in [0.05, 0.1) is 34.5 Å². The van der Waals surface area contributed by atoms with Crippen molar-refractivity contribution in [2.75, 3.05) is 12.3 Å². The van der Waals surface area contributed by atoms with Gasteiger partial charge in [0.25, 0.3) is 0 Å². The summed E-state index contributed by atoms with van der Waals surface area (Å²) in [6.07, 6.45) is 4.76. The van der Waals surface area contributed by atoms with Gasteiger partial charge in [0.1, 0.15) is 6.10 Å². The Labute approximate surface area is 270 Å². The Morgan fingerprint density at radius 3 is 2.22 bits per heavy atom. The van der Waals surface area contributed by atoms with Crippen molar-refractivity contribution in [3.63, 3.8) is 0 Å². The van der Waals surface area contributed by atoms with Crippen LogP contribution in [-0.4, -0.2) is 65.7 Å². The number of aliphatic hydroxyl groups excluding tert-OH is 2. The summed E-state index contributed by atoms with van der Waals surface area (Å²) in [5.41, 5.74) is 0.891. The fourth-order valence-corrected chi connectivity index (χ4v) is 7.55. The van der Waals surface area contributed by atoms with Crippen LogP contribution in [0.3, 0.4) is 0 Å². The van der Waals surface area contributed by atoms with Crippen molar-refractivity contribution in [2.24, 2.45) is 23.7 Å². The van der Waals surface area contributed by atoms with Crippen molar-refractivity contribution in [2.45, 2.75) is 116 Å². The average molecular weight is 645 g/mol. The molecule has 5 atom stereocenters. The van der Waals surface area contributed by atoms with Crippen LogP contribution in [-0.2, 0) is 25.8 Å². The summed E-state index contributed by atoms with van der Waals surface area (Å²) in [7, 11) is -3.62. The van der Waals surface area contributed by atoms with Gasteiger partial charge >= 0.3 is 0 Å². The molecule has 0 saturated heterocycles. The molecule has 0 aromatic heterocycles. The highest BCUT2D eigenvalue weighted by Crippen LogP contribution is 2.29. The number of fused-ring (bicyclic) bond motifs is 1. The van der Waals surface area contributed by atoms with E-state index in [0.29, 0.717) is 18.8 Å². The minimum absolute atomic E-state index is 0.0209. The maximum atomic E-state index is 13.6. The van der Waals surface area contributed by atoms with Crippen molar-refractivity contribution < 1.29 is 28.2 Å². The SMILES string of the molecule is CC(C)C[C@H](O)[C@H](O)[C@H](CC1CCCCC1)NC(=O)[C@H](C)CNC(=O)[C@H](Cc1cccc2ccccc12)CS(=O)(=O)C(C)(C)C. The fraction of sp³-hybridized carbons (Fsp3) is 0.667. The highest BCUT2D eigenvalue weighted by atomic mass is 32.2. The average Bonchev–Trinajstić information content (AvgIpc) is 2.98. The Hall–Kier alpha value is -2.49. The zero-order valence-electron chi connectivity index (χ0n) is 28.1. The van der Waals surface area contributed by atoms with Crippen LogP contribution in [0.25, 0.3) is 10.8 Å². The van der Waals surface area contributed by atoms with E-state index in [9.17, 15) is 28.2 Å². The third-order valence-corrected chi connectivity index (χ3v) is 12.0. The molecule has 2 aromatic carbocycles. The van der Waals surface area contributed by atoms with E-state index in [4.69, 9.17) is 0 Å². The molecule has 45 heavy (non-hydrogen) atoms. The lowest BCUT2D eigenvalue weighted by Crippen LogP contribution is -2.52. The third-order valence-electron chi connectivity index (χ3n) is 9.26. The number of hydrogen-bond donors (Lipinski definition) is 4. The molecule has 252 valence electrons. The molecule has 0 aliphatic heterocycles. The lowest BCUT2D eigenvalue weighted by Gasteiger charge is -2.33. The first-order valence-electron chi connectivity index (χ1n) is 16.7. The van der Waals surface area contributed by atoms with Gasteiger partial charge in [-0.1, -0.05) is 95.3 Å². The number of nitrogens with one attached hydrogen (secondary N) is 2. The molecule has 2 aromatic rings. The van der Waals surface area contributed by atoms with Crippen molar-refractivity contribution in [1.29, 1.82) is 0 Å². The van der Waals surface area contributed by atoms with E-state index >= 15 is 0 Å². The number of sulfone groups is 1. The van der Waals surface area contributed by atoms with Crippen molar-refractivity contribution in [3.8, 4) is 0 Å². The van der Waals surface area contributed by atoms with Gasteiger partial charge in [-0.05, 0) is 68.2 Å². The predicted octanol–water partition coefficient (Wildman–Crippen LogP) is 5.19. The lowest BCUT2D eigenvalue weighted by atomic mass is 9.82. The Balaban J connectivity index is 1.72. The molecule has 1 fully saturated rings. The minimum atomic E-state index is -3.62. The summed E-state index contributed by atoms with van der Waals surface area (Å²) in [4.78, 5) is 27.0. The zero-order valence-corrected chi connectivity index (χ0v) is 28.9. The fourth-order valence-electron chi connectivity index (χ4n) is 6.25. The van der Waals surface area contributed by atoms with Crippen molar-refractivity contribution >= 4 is 32.4 Å². The number of rotatable bonds is 15. The van der Waals surface area contributed by atoms with Gasteiger partial charge in [-0.3, -0.25) is 9.59 Å². The zero-order chi connectivity index (χ0) is 33.4. The first-order valence-corrected chi connectivity index (χ1v) is 18.4. The molecule has 4 N–H and O–H groups in total. The van der Waals surface area contributed by atoms with E-state index in [2.05, 4.69) is 10.6 Å². The van der Waals surface area contributed by atoms with Gasteiger partial charge in [0.15, 0.2) is 9.84 Å². The molecular formula is C36H56N2O6S. The van der Waals surface area contributed by atoms with Gasteiger partial charge in [0, 0.05) is 6.54 Å². The molecule has 0 bridgehead atoms. The van der Waals surface area contributed by atoms with Crippen molar-refractivity contribution in [1.82, 2.24) is 10.6 Å². The summed E-state index contributed by atoms with van der Waals surface area (Å²) in [6.45, 7) is 10.6. The smallest absolute Gasteiger partial charge is 0.224 e. The van der Waals surface area contributed by atoms with Gasteiger partial charge in [0.2, 0.25) is 11.8 Å². The Morgan fingerprint density at radius 2 is 1.58 bits per heavy atom. The number of aliphatic hydroxyl groups is 2. The molecule has 0 radical (unpaired) electrons. The minimum Gasteiger partial charge on any atom is -0.390 e. The summed E-state index contributed by atoms with van der Waals surface area (Å²) < 4.78 is 25.5. The molecule has 1 aliphatic carbocycles. The van der Waals surface area contributed by atoms with Crippen LogP contribution in [0, 0.1) is 23.7 Å². The van der Waals surface area contributed by atoms with E-state index in [1.54, 1.807) is 27.7 Å². The summed E-state index contributed by atoms with van der Waals surface area (Å²) in [6, 6.07) is 13.1. The molecule has 8 nitrogen and oxygen atoms in total. The van der Waals surface area contributed by atoms with Crippen LogP contribution < -0.4 is 10.6 Å². The van der Waals surface area contributed by atoms with E-state index < -0.39 is 50.6 Å².